The molecule has 4 saturated carbocycles. The average molecular weight is 385 g/mol. The minimum atomic E-state index is 0.503. The van der Waals surface area contributed by atoms with Gasteiger partial charge in [-0.25, -0.2) is 0 Å². The normalized spacial score (nSPS) is 32.6. The second-order valence-electron chi connectivity index (χ2n) is 8.79. The molecule has 0 radical (unpaired) electrons. The molecule has 2 heterocycles. The van der Waals surface area contributed by atoms with Crippen molar-refractivity contribution in [2.75, 3.05) is 0 Å². The van der Waals surface area contributed by atoms with Gasteiger partial charge in [0.2, 0.25) is 4.96 Å². The van der Waals surface area contributed by atoms with E-state index in [0.717, 1.165) is 40.5 Å². The molecule has 4 aliphatic carbocycles. The Balaban J connectivity index is 1.35. The van der Waals surface area contributed by atoms with E-state index in [0.29, 0.717) is 10.4 Å². The SMILES string of the molecule is Clc1ccccc1-c1nnc2sc(CC34CC5CC(CC(C5)C3)C4)nn12. The Morgan fingerprint density at radius 1 is 1.04 bits per heavy atom. The topological polar surface area (TPSA) is 43.1 Å². The first kappa shape index (κ1) is 15.6. The summed E-state index contributed by atoms with van der Waals surface area (Å²) >= 11 is 8.06. The number of halogens is 1. The average Bonchev–Trinajstić information content (AvgIpc) is 3.13. The molecule has 4 aliphatic rings. The lowest BCUT2D eigenvalue weighted by molar-refractivity contribution is -0.0522. The summed E-state index contributed by atoms with van der Waals surface area (Å²) in [6.07, 6.45) is 9.82. The van der Waals surface area contributed by atoms with E-state index >= 15 is 0 Å². The lowest BCUT2D eigenvalue weighted by atomic mass is 9.49. The first-order valence-electron chi connectivity index (χ1n) is 9.63. The number of rotatable bonds is 3. The van der Waals surface area contributed by atoms with Crippen LogP contribution in [0.2, 0.25) is 5.02 Å². The summed E-state index contributed by atoms with van der Waals surface area (Å²) in [6, 6.07) is 7.78. The Bertz CT molecular complexity index is 955. The van der Waals surface area contributed by atoms with Gasteiger partial charge in [-0.15, -0.1) is 10.2 Å². The van der Waals surface area contributed by atoms with Crippen LogP contribution in [0.25, 0.3) is 16.3 Å². The van der Waals surface area contributed by atoms with E-state index in [2.05, 4.69) is 10.2 Å². The van der Waals surface area contributed by atoms with Crippen molar-refractivity contribution in [3.8, 4) is 11.4 Å². The third-order valence-electron chi connectivity index (χ3n) is 6.84. The summed E-state index contributed by atoms with van der Waals surface area (Å²) < 4.78 is 1.89. The molecule has 3 aromatic rings. The van der Waals surface area contributed by atoms with Crippen molar-refractivity contribution >= 4 is 27.9 Å². The van der Waals surface area contributed by atoms with Crippen LogP contribution in [0, 0.1) is 23.2 Å². The van der Waals surface area contributed by atoms with Crippen LogP contribution in [0.1, 0.15) is 43.5 Å². The van der Waals surface area contributed by atoms with E-state index in [1.54, 1.807) is 11.3 Å². The van der Waals surface area contributed by atoms with Gasteiger partial charge >= 0.3 is 0 Å². The molecule has 1 aromatic carbocycles. The molecule has 0 N–H and O–H groups in total. The van der Waals surface area contributed by atoms with Gasteiger partial charge in [0.25, 0.3) is 0 Å². The number of hydrogen-bond donors (Lipinski definition) is 0. The maximum absolute atomic E-state index is 6.36. The Labute approximate surface area is 161 Å². The zero-order valence-corrected chi connectivity index (χ0v) is 16.1. The van der Waals surface area contributed by atoms with Crippen molar-refractivity contribution in [3.63, 3.8) is 0 Å². The van der Waals surface area contributed by atoms with Gasteiger partial charge in [0.1, 0.15) is 5.01 Å². The maximum Gasteiger partial charge on any atom is 0.234 e. The third-order valence-corrected chi connectivity index (χ3v) is 8.07. The predicted octanol–water partition coefficient (Wildman–Crippen LogP) is 5.27. The van der Waals surface area contributed by atoms with Crippen LogP contribution < -0.4 is 0 Å². The summed E-state index contributed by atoms with van der Waals surface area (Å²) in [6.45, 7) is 0. The molecular formula is C20H21ClN4S. The fourth-order valence-electron chi connectivity index (χ4n) is 6.37. The van der Waals surface area contributed by atoms with Gasteiger partial charge in [0.05, 0.1) is 5.02 Å². The minimum absolute atomic E-state index is 0.503. The second kappa shape index (κ2) is 5.52. The van der Waals surface area contributed by atoms with Crippen molar-refractivity contribution in [3.05, 3.63) is 34.3 Å². The Morgan fingerprint density at radius 2 is 1.73 bits per heavy atom. The predicted molar refractivity (Wildman–Crippen MR) is 103 cm³/mol. The summed E-state index contributed by atoms with van der Waals surface area (Å²) in [5.41, 5.74) is 1.40. The van der Waals surface area contributed by atoms with Gasteiger partial charge in [-0.1, -0.05) is 35.1 Å². The molecule has 134 valence electrons. The lowest BCUT2D eigenvalue weighted by Crippen LogP contribution is -2.47. The summed E-state index contributed by atoms with van der Waals surface area (Å²) in [7, 11) is 0. The van der Waals surface area contributed by atoms with Crippen molar-refractivity contribution in [2.24, 2.45) is 23.2 Å². The summed E-state index contributed by atoms with van der Waals surface area (Å²) in [5, 5.41) is 15.5. The van der Waals surface area contributed by atoms with Gasteiger partial charge in [-0.3, -0.25) is 0 Å². The van der Waals surface area contributed by atoms with E-state index in [1.807, 2.05) is 28.8 Å². The van der Waals surface area contributed by atoms with E-state index in [4.69, 9.17) is 16.7 Å². The van der Waals surface area contributed by atoms with Crippen LogP contribution in [-0.2, 0) is 6.42 Å². The molecule has 0 spiro atoms. The van der Waals surface area contributed by atoms with Gasteiger partial charge in [-0.2, -0.15) is 9.61 Å². The molecule has 4 nitrogen and oxygen atoms in total. The monoisotopic (exact) mass is 384 g/mol. The number of hydrogen-bond acceptors (Lipinski definition) is 4. The molecule has 0 aliphatic heterocycles. The van der Waals surface area contributed by atoms with Crippen LogP contribution >= 0.6 is 22.9 Å². The third kappa shape index (κ3) is 2.36. The fourth-order valence-corrected chi connectivity index (χ4v) is 7.59. The van der Waals surface area contributed by atoms with Crippen LogP contribution in [0.15, 0.2) is 24.3 Å². The quantitative estimate of drug-likeness (QED) is 0.618. The lowest BCUT2D eigenvalue weighted by Gasteiger charge is -2.56. The summed E-state index contributed by atoms with van der Waals surface area (Å²) in [5.74, 6) is 3.68. The van der Waals surface area contributed by atoms with Crippen LogP contribution in [0.3, 0.4) is 0 Å². The smallest absolute Gasteiger partial charge is 0.183 e. The van der Waals surface area contributed by atoms with Crippen molar-refractivity contribution < 1.29 is 0 Å². The van der Waals surface area contributed by atoms with Crippen molar-refractivity contribution in [2.45, 2.75) is 44.9 Å². The van der Waals surface area contributed by atoms with E-state index in [1.165, 1.54) is 43.5 Å². The largest absolute Gasteiger partial charge is 0.234 e. The summed E-state index contributed by atoms with van der Waals surface area (Å²) in [4.78, 5) is 0.875. The van der Waals surface area contributed by atoms with E-state index in [9.17, 15) is 0 Å². The maximum atomic E-state index is 6.36. The second-order valence-corrected chi connectivity index (χ2v) is 10.2. The highest BCUT2D eigenvalue weighted by Gasteiger charge is 2.51. The van der Waals surface area contributed by atoms with Crippen LogP contribution in [0.4, 0.5) is 0 Å². The molecule has 0 amide bonds. The Morgan fingerprint density at radius 3 is 2.42 bits per heavy atom. The molecule has 7 rings (SSSR count). The zero-order valence-electron chi connectivity index (χ0n) is 14.6. The number of fused-ring (bicyclic) bond motifs is 1. The van der Waals surface area contributed by atoms with Crippen molar-refractivity contribution in [1.29, 1.82) is 0 Å². The van der Waals surface area contributed by atoms with Gasteiger partial charge in [-0.05, 0) is 73.8 Å². The van der Waals surface area contributed by atoms with E-state index < -0.39 is 0 Å². The van der Waals surface area contributed by atoms with E-state index in [-0.39, 0.29) is 0 Å². The molecule has 0 saturated heterocycles. The number of benzene rings is 1. The molecule has 2 aromatic heterocycles. The highest BCUT2D eigenvalue weighted by Crippen LogP contribution is 2.61. The van der Waals surface area contributed by atoms with Crippen LogP contribution in [0.5, 0.6) is 0 Å². The molecule has 4 fully saturated rings. The first-order chi connectivity index (χ1) is 12.7. The molecule has 0 unspecified atom stereocenters. The fraction of sp³-hybridized carbons (Fsp3) is 0.550. The Hall–Kier alpha value is -1.46. The Kier molecular flexibility index (Phi) is 3.31. The molecule has 6 heteroatoms. The van der Waals surface area contributed by atoms with Gasteiger partial charge < -0.3 is 0 Å². The van der Waals surface area contributed by atoms with Crippen LogP contribution in [-0.4, -0.2) is 19.8 Å². The first-order valence-corrected chi connectivity index (χ1v) is 10.8. The van der Waals surface area contributed by atoms with Gasteiger partial charge in [0, 0.05) is 12.0 Å². The zero-order chi connectivity index (χ0) is 17.3. The molecule has 4 bridgehead atoms. The standard InChI is InChI=1S/C20H21ClN4S/c21-16-4-2-1-3-15(16)18-22-23-19-25(18)24-17(26-19)11-20-8-12-5-13(9-20)7-14(6-12)10-20/h1-4,12-14H,5-11H2. The number of aromatic nitrogens is 4. The molecular weight excluding hydrogens is 364 g/mol. The highest BCUT2D eigenvalue weighted by atomic mass is 35.5. The highest BCUT2D eigenvalue weighted by molar-refractivity contribution is 7.16. The minimum Gasteiger partial charge on any atom is -0.183 e. The molecule has 26 heavy (non-hydrogen) atoms. The number of nitrogens with zero attached hydrogens (tertiary/aromatic N) is 4. The molecule has 0 atom stereocenters. The van der Waals surface area contributed by atoms with Crippen molar-refractivity contribution in [1.82, 2.24) is 19.8 Å². The van der Waals surface area contributed by atoms with Gasteiger partial charge in [0.15, 0.2) is 5.82 Å².